The van der Waals surface area contributed by atoms with Crippen molar-refractivity contribution >= 4 is 15.6 Å². The van der Waals surface area contributed by atoms with E-state index < -0.39 is 10.8 Å². The van der Waals surface area contributed by atoms with E-state index >= 15 is 0 Å². The molecule has 0 saturated heterocycles. The second kappa shape index (κ2) is 3.95. The molecule has 1 nitrogen and oxygen atoms in total. The molecule has 1 aliphatic rings. The zero-order chi connectivity index (χ0) is 9.97. The van der Waals surface area contributed by atoms with Gasteiger partial charge in [-0.15, -0.1) is 0 Å². The Morgan fingerprint density at radius 1 is 1.00 bits per heavy atom. The number of rotatable bonds is 1. The number of aryl methyl sites for hydroxylation is 1. The van der Waals surface area contributed by atoms with E-state index in [0.29, 0.717) is 0 Å². The Hall–Kier alpha value is -1.12. The lowest BCUT2D eigenvalue weighted by Crippen LogP contribution is -1.86. The molecular weight excluding hydrogens is 192 g/mol. The molecule has 0 bridgehead atoms. The van der Waals surface area contributed by atoms with Crippen molar-refractivity contribution in [3.05, 3.63) is 54.1 Å². The van der Waals surface area contributed by atoms with Crippen molar-refractivity contribution in [2.75, 3.05) is 0 Å². The van der Waals surface area contributed by atoms with Crippen LogP contribution in [0.3, 0.4) is 0 Å². The van der Waals surface area contributed by atoms with Crippen LogP contribution in [0.1, 0.15) is 5.56 Å². The summed E-state index contributed by atoms with van der Waals surface area (Å²) in [5, 5.41) is 0. The van der Waals surface area contributed by atoms with Gasteiger partial charge in [-0.05, 0) is 42.0 Å². The molecule has 0 fully saturated rings. The Labute approximate surface area is 86.5 Å². The molecule has 0 saturated carbocycles. The van der Waals surface area contributed by atoms with Crippen molar-refractivity contribution in [1.82, 2.24) is 0 Å². The smallest absolute Gasteiger partial charge is 0.0276 e. The molecule has 0 radical (unpaired) electrons. The zero-order valence-electron chi connectivity index (χ0n) is 7.97. The molecule has 1 aromatic rings. The predicted molar refractivity (Wildman–Crippen MR) is 63.0 cm³/mol. The summed E-state index contributed by atoms with van der Waals surface area (Å²) in [7, 11) is -0.774. The van der Waals surface area contributed by atoms with Crippen LogP contribution in [0.5, 0.6) is 0 Å². The molecule has 0 heterocycles. The van der Waals surface area contributed by atoms with E-state index in [0.717, 1.165) is 9.76 Å². The molecule has 0 spiro atoms. The molecule has 2 rings (SSSR count). The second-order valence-electron chi connectivity index (χ2n) is 3.22. The highest BCUT2D eigenvalue weighted by Crippen LogP contribution is 2.26. The predicted octanol–water partition coefficient (Wildman–Crippen LogP) is 3.39. The van der Waals surface area contributed by atoms with Crippen LogP contribution in [0.2, 0.25) is 0 Å². The van der Waals surface area contributed by atoms with Crippen molar-refractivity contribution in [3.8, 4) is 0 Å². The lowest BCUT2D eigenvalue weighted by molar-refractivity contribution is 0.660. The quantitative estimate of drug-likeness (QED) is 0.695. The monoisotopic (exact) mass is 204 g/mol. The van der Waals surface area contributed by atoms with Gasteiger partial charge in [-0.2, -0.15) is 0 Å². The van der Waals surface area contributed by atoms with Crippen molar-refractivity contribution in [2.45, 2.75) is 11.8 Å². The first-order chi connectivity index (χ1) is 6.77. The summed E-state index contributed by atoms with van der Waals surface area (Å²) in [6.45, 7) is 2.04. The fraction of sp³-hybridized carbons (Fsp3) is 0.0833. The summed E-state index contributed by atoms with van der Waals surface area (Å²) in [5.41, 5.74) is 1.22. The maximum Gasteiger partial charge on any atom is 0.0276 e. The standard InChI is InChI=1S/C12H12OS/c1-10-6-8-12(9-7-10)14(13)11-4-2-3-5-11/h2-9,13H,1H3/t14-/m0/s1. The second-order valence-corrected chi connectivity index (χ2v) is 4.73. The lowest BCUT2D eigenvalue weighted by Gasteiger charge is -2.04. The molecule has 0 unspecified atom stereocenters. The highest BCUT2D eigenvalue weighted by molar-refractivity contribution is 8.11. The average Bonchev–Trinajstić information content (AvgIpc) is 2.71. The maximum atomic E-state index is 10.00. The van der Waals surface area contributed by atoms with E-state index in [4.69, 9.17) is 0 Å². The molecule has 0 amide bonds. The third kappa shape index (κ3) is 1.86. The fourth-order valence-corrected chi connectivity index (χ4v) is 2.37. The molecule has 0 aromatic heterocycles. The molecule has 1 atom stereocenters. The van der Waals surface area contributed by atoms with E-state index in [-0.39, 0.29) is 0 Å². The third-order valence-electron chi connectivity index (χ3n) is 2.10. The first-order valence-corrected chi connectivity index (χ1v) is 5.67. The Bertz CT molecular complexity index is 410. The van der Waals surface area contributed by atoms with Crippen LogP contribution in [0.15, 0.2) is 53.5 Å². The van der Waals surface area contributed by atoms with Gasteiger partial charge in [0.25, 0.3) is 0 Å². The van der Waals surface area contributed by atoms with Crippen molar-refractivity contribution in [3.63, 3.8) is 0 Å². The molecule has 72 valence electrons. The van der Waals surface area contributed by atoms with Crippen LogP contribution in [0.4, 0.5) is 0 Å². The largest absolute Gasteiger partial charge is 0.332 e. The minimum atomic E-state index is -0.774. The van der Waals surface area contributed by atoms with Crippen LogP contribution in [-0.2, 0) is 0 Å². The van der Waals surface area contributed by atoms with Crippen LogP contribution < -0.4 is 0 Å². The SMILES string of the molecule is Cc1ccc([S@@](O)=C2C=CC=C2)cc1. The summed E-state index contributed by atoms with van der Waals surface area (Å²) >= 11 is 0. The van der Waals surface area contributed by atoms with Gasteiger partial charge in [-0.3, -0.25) is 0 Å². The Morgan fingerprint density at radius 2 is 1.57 bits per heavy atom. The van der Waals surface area contributed by atoms with Crippen LogP contribution in [0.25, 0.3) is 0 Å². The normalized spacial score (nSPS) is 16.3. The topological polar surface area (TPSA) is 20.2 Å². The van der Waals surface area contributed by atoms with Gasteiger partial charge in [0.2, 0.25) is 0 Å². The number of benzene rings is 1. The Balaban J connectivity index is 2.40. The molecule has 14 heavy (non-hydrogen) atoms. The third-order valence-corrected chi connectivity index (χ3v) is 3.54. The number of allylic oxidation sites excluding steroid dienone is 4. The van der Waals surface area contributed by atoms with Gasteiger partial charge in [-0.25, -0.2) is 0 Å². The van der Waals surface area contributed by atoms with Gasteiger partial charge >= 0.3 is 0 Å². The minimum absolute atomic E-state index is 0.774. The van der Waals surface area contributed by atoms with Gasteiger partial charge < -0.3 is 4.55 Å². The molecular formula is C12H12OS. The van der Waals surface area contributed by atoms with Crippen molar-refractivity contribution < 1.29 is 4.55 Å². The van der Waals surface area contributed by atoms with E-state index in [2.05, 4.69) is 0 Å². The lowest BCUT2D eigenvalue weighted by atomic mass is 10.2. The molecule has 1 N–H and O–H groups in total. The first-order valence-electron chi connectivity index (χ1n) is 4.49. The van der Waals surface area contributed by atoms with Crippen LogP contribution in [0, 0.1) is 6.92 Å². The first kappa shape index (κ1) is 9.44. The van der Waals surface area contributed by atoms with E-state index in [9.17, 15) is 4.55 Å². The maximum absolute atomic E-state index is 10.00. The number of hydrogen-bond acceptors (Lipinski definition) is 1. The van der Waals surface area contributed by atoms with Crippen LogP contribution in [-0.4, -0.2) is 9.42 Å². The molecule has 2 heteroatoms. The molecule has 1 aliphatic carbocycles. The fourth-order valence-electron chi connectivity index (χ4n) is 1.29. The summed E-state index contributed by atoms with van der Waals surface area (Å²) in [6.07, 6.45) is 7.78. The molecule has 0 aliphatic heterocycles. The zero-order valence-corrected chi connectivity index (χ0v) is 8.79. The Kier molecular flexibility index (Phi) is 2.66. The van der Waals surface area contributed by atoms with E-state index in [1.165, 1.54) is 5.56 Å². The molecule has 1 aromatic carbocycles. The average molecular weight is 204 g/mol. The van der Waals surface area contributed by atoms with Gasteiger partial charge in [0.15, 0.2) is 0 Å². The highest BCUT2D eigenvalue weighted by atomic mass is 32.2. The van der Waals surface area contributed by atoms with Gasteiger partial charge in [-0.1, -0.05) is 29.8 Å². The van der Waals surface area contributed by atoms with E-state index in [1.54, 1.807) is 0 Å². The van der Waals surface area contributed by atoms with Crippen LogP contribution >= 0.6 is 10.8 Å². The van der Waals surface area contributed by atoms with Gasteiger partial charge in [0, 0.05) is 9.76 Å². The van der Waals surface area contributed by atoms with Crippen molar-refractivity contribution in [2.24, 2.45) is 0 Å². The van der Waals surface area contributed by atoms with Gasteiger partial charge in [0.1, 0.15) is 0 Å². The minimum Gasteiger partial charge on any atom is -0.332 e. The van der Waals surface area contributed by atoms with Gasteiger partial charge in [0.05, 0.1) is 0 Å². The van der Waals surface area contributed by atoms with Crippen molar-refractivity contribution in [1.29, 1.82) is 0 Å². The summed E-state index contributed by atoms with van der Waals surface area (Å²) in [4.78, 5) is 1.95. The summed E-state index contributed by atoms with van der Waals surface area (Å²) in [6, 6.07) is 8.00. The highest BCUT2D eigenvalue weighted by Gasteiger charge is 2.02. The Morgan fingerprint density at radius 3 is 2.14 bits per heavy atom. The summed E-state index contributed by atoms with van der Waals surface area (Å²) in [5.74, 6) is 0. The van der Waals surface area contributed by atoms with E-state index in [1.807, 2.05) is 55.5 Å². The summed E-state index contributed by atoms with van der Waals surface area (Å²) < 4.78 is 10.00. The number of hydrogen-bond donors (Lipinski definition) is 1.